The first-order chi connectivity index (χ1) is 12.4. The van der Waals surface area contributed by atoms with E-state index < -0.39 is 5.91 Å². The fourth-order valence-electron chi connectivity index (χ4n) is 2.64. The van der Waals surface area contributed by atoms with Gasteiger partial charge in [-0.1, -0.05) is 13.0 Å². The number of hydrogen-bond donors (Lipinski definition) is 2. The van der Waals surface area contributed by atoms with Crippen molar-refractivity contribution in [3.05, 3.63) is 45.8 Å². The smallest absolute Gasteiger partial charge is 0.251 e. The molecule has 0 spiro atoms. The normalized spacial score (nSPS) is 10.8. The van der Waals surface area contributed by atoms with Crippen molar-refractivity contribution in [2.45, 2.75) is 20.3 Å². The number of benzene rings is 1. The Hall–Kier alpha value is -2.80. The summed E-state index contributed by atoms with van der Waals surface area (Å²) < 4.78 is 10.4. The maximum Gasteiger partial charge on any atom is 0.251 e. The summed E-state index contributed by atoms with van der Waals surface area (Å²) in [6.45, 7) is 3.86. The van der Waals surface area contributed by atoms with Crippen molar-refractivity contribution < 1.29 is 19.1 Å². The van der Waals surface area contributed by atoms with Crippen LogP contribution in [0.4, 0.5) is 5.00 Å². The molecular formula is C19H22N2O4S. The number of primary amides is 1. The minimum Gasteiger partial charge on any atom is -0.493 e. The molecule has 0 aliphatic carbocycles. The summed E-state index contributed by atoms with van der Waals surface area (Å²) >= 11 is 1.35. The molecule has 0 saturated heterocycles. The van der Waals surface area contributed by atoms with E-state index in [9.17, 15) is 9.59 Å². The first-order valence-electron chi connectivity index (χ1n) is 8.04. The molecule has 6 nitrogen and oxygen atoms in total. The highest BCUT2D eigenvalue weighted by molar-refractivity contribution is 7.16. The van der Waals surface area contributed by atoms with Crippen LogP contribution in [0.1, 0.15) is 33.3 Å². The van der Waals surface area contributed by atoms with E-state index in [1.54, 1.807) is 32.4 Å². The number of hydrogen-bond acceptors (Lipinski definition) is 5. The highest BCUT2D eigenvalue weighted by atomic mass is 32.1. The number of nitrogens with one attached hydrogen (secondary N) is 1. The van der Waals surface area contributed by atoms with Gasteiger partial charge in [0.25, 0.3) is 5.91 Å². The maximum atomic E-state index is 12.2. The van der Waals surface area contributed by atoms with Gasteiger partial charge in [-0.05, 0) is 42.7 Å². The first-order valence-corrected chi connectivity index (χ1v) is 8.86. The Balaban J connectivity index is 2.19. The molecule has 1 aromatic heterocycles. The van der Waals surface area contributed by atoms with Gasteiger partial charge in [-0.3, -0.25) is 9.59 Å². The van der Waals surface area contributed by atoms with E-state index in [2.05, 4.69) is 5.32 Å². The van der Waals surface area contributed by atoms with Gasteiger partial charge < -0.3 is 20.5 Å². The van der Waals surface area contributed by atoms with Crippen molar-refractivity contribution in [1.29, 1.82) is 0 Å². The maximum absolute atomic E-state index is 12.2. The lowest BCUT2D eigenvalue weighted by Gasteiger charge is -2.07. The predicted molar refractivity (Wildman–Crippen MR) is 104 cm³/mol. The number of rotatable bonds is 7. The fourth-order valence-corrected chi connectivity index (χ4v) is 3.79. The van der Waals surface area contributed by atoms with E-state index in [4.69, 9.17) is 15.2 Å². The van der Waals surface area contributed by atoms with Gasteiger partial charge in [-0.15, -0.1) is 11.3 Å². The van der Waals surface area contributed by atoms with Crippen LogP contribution in [-0.4, -0.2) is 26.0 Å². The number of aryl methyl sites for hydroxylation is 1. The average molecular weight is 374 g/mol. The number of carbonyl (C=O) groups is 2. The Morgan fingerprint density at radius 2 is 1.92 bits per heavy atom. The van der Waals surface area contributed by atoms with Crippen molar-refractivity contribution in [2.75, 3.05) is 19.5 Å². The summed E-state index contributed by atoms with van der Waals surface area (Å²) in [6, 6.07) is 5.34. The van der Waals surface area contributed by atoms with Crippen LogP contribution in [-0.2, 0) is 11.2 Å². The second-order valence-electron chi connectivity index (χ2n) is 5.50. The second-order valence-corrected chi connectivity index (χ2v) is 6.72. The van der Waals surface area contributed by atoms with Crippen molar-refractivity contribution in [2.24, 2.45) is 5.73 Å². The summed E-state index contributed by atoms with van der Waals surface area (Å²) in [7, 11) is 3.11. The van der Waals surface area contributed by atoms with Crippen LogP contribution >= 0.6 is 11.3 Å². The van der Waals surface area contributed by atoms with Crippen LogP contribution in [0, 0.1) is 6.92 Å². The molecule has 2 amide bonds. The van der Waals surface area contributed by atoms with Crippen molar-refractivity contribution in [3.8, 4) is 11.5 Å². The SMILES string of the molecule is CCc1c(C)sc(NC(=O)C=Cc2ccc(OC)c(OC)c2)c1C(N)=O. The van der Waals surface area contributed by atoms with Crippen LogP contribution in [0.3, 0.4) is 0 Å². The Bertz CT molecular complexity index is 855. The van der Waals surface area contributed by atoms with Crippen LogP contribution in [0.15, 0.2) is 24.3 Å². The standard InChI is InChI=1S/C19H22N2O4S/c1-5-13-11(2)26-19(17(13)18(20)23)21-16(22)9-7-12-6-8-14(24-3)15(10-12)25-4/h6-10H,5H2,1-4H3,(H2,20,23)(H,21,22). The molecule has 26 heavy (non-hydrogen) atoms. The molecule has 0 saturated carbocycles. The highest BCUT2D eigenvalue weighted by Gasteiger charge is 2.19. The van der Waals surface area contributed by atoms with Crippen LogP contribution in [0.25, 0.3) is 6.08 Å². The lowest BCUT2D eigenvalue weighted by Crippen LogP contribution is -2.16. The molecule has 1 aromatic carbocycles. The molecule has 0 fully saturated rings. The number of thiophene rings is 1. The van der Waals surface area contributed by atoms with E-state index >= 15 is 0 Å². The second kappa shape index (κ2) is 8.53. The van der Waals surface area contributed by atoms with Gasteiger partial charge in [0.15, 0.2) is 11.5 Å². The minimum atomic E-state index is -0.537. The zero-order valence-corrected chi connectivity index (χ0v) is 16.0. The summed E-state index contributed by atoms with van der Waals surface area (Å²) in [5.41, 5.74) is 7.53. The van der Waals surface area contributed by atoms with Crippen LogP contribution in [0.2, 0.25) is 0 Å². The quantitative estimate of drug-likeness (QED) is 0.727. The minimum absolute atomic E-state index is 0.341. The molecule has 0 bridgehead atoms. The van der Waals surface area contributed by atoms with Crippen LogP contribution in [0.5, 0.6) is 11.5 Å². The monoisotopic (exact) mass is 374 g/mol. The summed E-state index contributed by atoms with van der Waals surface area (Å²) in [5, 5.41) is 3.23. The van der Waals surface area contributed by atoms with E-state index in [0.717, 1.165) is 16.0 Å². The fraction of sp³-hybridized carbons (Fsp3) is 0.263. The average Bonchev–Trinajstić information content (AvgIpc) is 2.94. The molecule has 2 rings (SSSR count). The predicted octanol–water partition coefficient (Wildman–Crippen LogP) is 3.39. The lowest BCUT2D eigenvalue weighted by molar-refractivity contribution is -0.111. The molecule has 1 heterocycles. The third-order valence-electron chi connectivity index (χ3n) is 3.88. The molecule has 0 atom stereocenters. The summed E-state index contributed by atoms with van der Waals surface area (Å²) in [4.78, 5) is 25.0. The third-order valence-corrected chi connectivity index (χ3v) is 4.94. The van der Waals surface area contributed by atoms with Gasteiger partial charge >= 0.3 is 0 Å². The topological polar surface area (TPSA) is 90.7 Å². The van der Waals surface area contributed by atoms with Gasteiger partial charge in [0.05, 0.1) is 19.8 Å². The molecule has 0 unspecified atom stereocenters. The molecular weight excluding hydrogens is 352 g/mol. The highest BCUT2D eigenvalue weighted by Crippen LogP contribution is 2.33. The van der Waals surface area contributed by atoms with E-state index in [-0.39, 0.29) is 5.91 Å². The Labute approximate surface area is 156 Å². The first kappa shape index (κ1) is 19.5. The van der Waals surface area contributed by atoms with E-state index in [0.29, 0.717) is 28.5 Å². The number of methoxy groups -OCH3 is 2. The zero-order valence-electron chi connectivity index (χ0n) is 15.2. The molecule has 0 aliphatic heterocycles. The summed E-state index contributed by atoms with van der Waals surface area (Å²) in [5.74, 6) is 0.311. The van der Waals surface area contributed by atoms with Crippen molar-refractivity contribution >= 4 is 34.2 Å². The van der Waals surface area contributed by atoms with E-state index in [1.165, 1.54) is 17.4 Å². The molecule has 138 valence electrons. The van der Waals surface area contributed by atoms with Gasteiger partial charge in [0, 0.05) is 11.0 Å². The van der Waals surface area contributed by atoms with Gasteiger partial charge in [0.2, 0.25) is 5.91 Å². The largest absolute Gasteiger partial charge is 0.493 e. The molecule has 7 heteroatoms. The number of anilines is 1. The molecule has 0 aliphatic rings. The lowest BCUT2D eigenvalue weighted by atomic mass is 10.1. The number of nitrogens with two attached hydrogens (primary N) is 1. The number of carbonyl (C=O) groups excluding carboxylic acids is 2. The number of ether oxygens (including phenoxy) is 2. The van der Waals surface area contributed by atoms with E-state index in [1.807, 2.05) is 19.9 Å². The third kappa shape index (κ3) is 4.23. The van der Waals surface area contributed by atoms with Crippen LogP contribution < -0.4 is 20.5 Å². The Morgan fingerprint density at radius 1 is 1.23 bits per heavy atom. The van der Waals surface area contributed by atoms with Crippen molar-refractivity contribution in [3.63, 3.8) is 0 Å². The van der Waals surface area contributed by atoms with Crippen molar-refractivity contribution in [1.82, 2.24) is 0 Å². The molecule has 0 radical (unpaired) electrons. The molecule has 2 aromatic rings. The number of amides is 2. The Morgan fingerprint density at radius 3 is 2.50 bits per heavy atom. The molecule has 3 N–H and O–H groups in total. The van der Waals surface area contributed by atoms with Gasteiger partial charge in [-0.25, -0.2) is 0 Å². The Kier molecular flexibility index (Phi) is 6.41. The zero-order chi connectivity index (χ0) is 19.3. The van der Waals surface area contributed by atoms with Gasteiger partial charge in [-0.2, -0.15) is 0 Å². The van der Waals surface area contributed by atoms with Gasteiger partial charge in [0.1, 0.15) is 5.00 Å². The summed E-state index contributed by atoms with van der Waals surface area (Å²) in [6.07, 6.45) is 3.73.